The molecule has 2 aromatic rings. The van der Waals surface area contributed by atoms with Crippen molar-refractivity contribution in [2.75, 3.05) is 6.54 Å². The van der Waals surface area contributed by atoms with Crippen LogP contribution in [0.25, 0.3) is 10.6 Å². The van der Waals surface area contributed by atoms with Gasteiger partial charge in [0.15, 0.2) is 0 Å². The summed E-state index contributed by atoms with van der Waals surface area (Å²) >= 11 is 1.21. The lowest BCUT2D eigenvalue weighted by Gasteiger charge is -2.27. The van der Waals surface area contributed by atoms with Crippen molar-refractivity contribution in [3.8, 4) is 10.6 Å². The van der Waals surface area contributed by atoms with Crippen molar-refractivity contribution in [1.29, 1.82) is 0 Å². The van der Waals surface area contributed by atoms with Gasteiger partial charge in [-0.1, -0.05) is 25.0 Å². The van der Waals surface area contributed by atoms with E-state index >= 15 is 0 Å². The molecule has 0 bridgehead atoms. The van der Waals surface area contributed by atoms with E-state index in [0.29, 0.717) is 10.6 Å². The van der Waals surface area contributed by atoms with Crippen molar-refractivity contribution in [2.24, 2.45) is 5.73 Å². The van der Waals surface area contributed by atoms with E-state index in [4.69, 9.17) is 5.73 Å². The zero-order chi connectivity index (χ0) is 17.1. The monoisotopic (exact) mass is 347 g/mol. The number of nitrogens with two attached hydrogens (primary N) is 1. The number of halogens is 1. The minimum atomic E-state index is -0.542. The Balaban J connectivity index is 1.85. The number of primary amides is 1. The number of amides is 2. The topological polar surface area (TPSA) is 76.3 Å². The maximum atomic E-state index is 13.9. The van der Waals surface area contributed by atoms with Gasteiger partial charge in [0.25, 0.3) is 5.91 Å². The molecule has 0 aliphatic heterocycles. The highest BCUT2D eigenvalue weighted by molar-refractivity contribution is 7.13. The normalized spacial score (nSPS) is 14.7. The lowest BCUT2D eigenvalue weighted by molar-refractivity contribution is -0.119. The van der Waals surface area contributed by atoms with Crippen molar-refractivity contribution in [2.45, 2.75) is 31.7 Å². The van der Waals surface area contributed by atoms with E-state index in [9.17, 15) is 14.0 Å². The minimum Gasteiger partial charge on any atom is -0.368 e. The Morgan fingerprint density at radius 2 is 2.00 bits per heavy atom. The molecular formula is C17H18FN3O2S. The summed E-state index contributed by atoms with van der Waals surface area (Å²) in [4.78, 5) is 29.9. The lowest BCUT2D eigenvalue weighted by atomic mass is 10.2. The summed E-state index contributed by atoms with van der Waals surface area (Å²) < 4.78 is 13.9. The largest absolute Gasteiger partial charge is 0.368 e. The zero-order valence-electron chi connectivity index (χ0n) is 13.1. The second-order valence-electron chi connectivity index (χ2n) is 5.86. The van der Waals surface area contributed by atoms with Gasteiger partial charge in [-0.2, -0.15) is 0 Å². The van der Waals surface area contributed by atoms with Crippen LogP contribution in [0.4, 0.5) is 4.39 Å². The van der Waals surface area contributed by atoms with Crippen LogP contribution in [0, 0.1) is 5.82 Å². The van der Waals surface area contributed by atoms with E-state index in [1.54, 1.807) is 23.6 Å². The molecule has 0 atom stereocenters. The lowest BCUT2D eigenvalue weighted by Crippen LogP contribution is -2.44. The fourth-order valence-electron chi connectivity index (χ4n) is 3.03. The van der Waals surface area contributed by atoms with E-state index in [1.165, 1.54) is 22.3 Å². The molecule has 0 radical (unpaired) electrons. The highest BCUT2D eigenvalue weighted by Crippen LogP contribution is 2.28. The van der Waals surface area contributed by atoms with Gasteiger partial charge >= 0.3 is 0 Å². The van der Waals surface area contributed by atoms with Crippen LogP contribution in [0.2, 0.25) is 0 Å². The molecule has 1 fully saturated rings. The Kier molecular flexibility index (Phi) is 4.89. The van der Waals surface area contributed by atoms with Gasteiger partial charge in [-0.25, -0.2) is 9.37 Å². The highest BCUT2D eigenvalue weighted by Gasteiger charge is 2.30. The molecule has 0 saturated heterocycles. The average molecular weight is 347 g/mol. The molecule has 2 amide bonds. The number of thiazole rings is 1. The Morgan fingerprint density at radius 1 is 1.29 bits per heavy atom. The van der Waals surface area contributed by atoms with Crippen molar-refractivity contribution in [1.82, 2.24) is 9.88 Å². The first-order valence-corrected chi connectivity index (χ1v) is 8.74. The average Bonchev–Trinajstić information content (AvgIpc) is 3.24. The van der Waals surface area contributed by atoms with E-state index in [1.807, 2.05) is 0 Å². The van der Waals surface area contributed by atoms with E-state index in [-0.39, 0.29) is 30.0 Å². The standard InChI is InChI=1S/C17H18FN3O2S/c18-13-8-4-3-7-12(13)16-20-14(10-24-16)17(23)21(9-15(19)22)11-5-1-2-6-11/h3-4,7-8,10-11H,1-2,5-6,9H2,(H2,19,22). The Hall–Kier alpha value is -2.28. The van der Waals surface area contributed by atoms with Crippen molar-refractivity contribution < 1.29 is 14.0 Å². The van der Waals surface area contributed by atoms with Crippen LogP contribution in [0.5, 0.6) is 0 Å². The molecule has 0 spiro atoms. The van der Waals surface area contributed by atoms with Crippen LogP contribution in [-0.2, 0) is 4.79 Å². The van der Waals surface area contributed by atoms with Crippen LogP contribution in [0.3, 0.4) is 0 Å². The fourth-order valence-corrected chi connectivity index (χ4v) is 3.85. The van der Waals surface area contributed by atoms with Crippen LogP contribution in [0.1, 0.15) is 36.2 Å². The molecule has 3 rings (SSSR count). The van der Waals surface area contributed by atoms with Gasteiger partial charge in [0.05, 0.1) is 6.54 Å². The number of aromatic nitrogens is 1. The summed E-state index contributed by atoms with van der Waals surface area (Å²) in [6.07, 6.45) is 3.79. The van der Waals surface area contributed by atoms with Gasteiger partial charge in [-0.05, 0) is 25.0 Å². The van der Waals surface area contributed by atoms with Gasteiger partial charge in [-0.15, -0.1) is 11.3 Å². The summed E-state index contributed by atoms with van der Waals surface area (Å²) in [7, 11) is 0. The van der Waals surface area contributed by atoms with E-state index in [2.05, 4.69) is 4.98 Å². The van der Waals surface area contributed by atoms with Gasteiger partial charge in [0.2, 0.25) is 5.91 Å². The fraction of sp³-hybridized carbons (Fsp3) is 0.353. The first-order chi connectivity index (χ1) is 11.6. The van der Waals surface area contributed by atoms with Gasteiger partial charge < -0.3 is 10.6 Å². The SMILES string of the molecule is NC(=O)CN(C(=O)c1csc(-c2ccccc2F)n1)C1CCCC1. The molecule has 1 heterocycles. The molecule has 5 nitrogen and oxygen atoms in total. The summed E-state index contributed by atoms with van der Waals surface area (Å²) in [5.41, 5.74) is 5.89. The maximum absolute atomic E-state index is 13.9. The number of hydrogen-bond donors (Lipinski definition) is 1. The smallest absolute Gasteiger partial charge is 0.274 e. The molecule has 1 aromatic heterocycles. The Morgan fingerprint density at radius 3 is 2.67 bits per heavy atom. The molecule has 126 valence electrons. The Labute approximate surface area is 143 Å². The zero-order valence-corrected chi connectivity index (χ0v) is 13.9. The predicted molar refractivity (Wildman–Crippen MR) is 90.0 cm³/mol. The molecule has 7 heteroatoms. The van der Waals surface area contributed by atoms with Crippen molar-refractivity contribution >= 4 is 23.2 Å². The number of hydrogen-bond acceptors (Lipinski definition) is 4. The molecule has 1 aromatic carbocycles. The quantitative estimate of drug-likeness (QED) is 0.903. The van der Waals surface area contributed by atoms with E-state index in [0.717, 1.165) is 25.7 Å². The van der Waals surface area contributed by atoms with Gasteiger partial charge in [0, 0.05) is 17.0 Å². The molecule has 0 unspecified atom stereocenters. The summed E-state index contributed by atoms with van der Waals surface area (Å²) in [5, 5.41) is 2.05. The minimum absolute atomic E-state index is 0.0172. The number of nitrogens with zero attached hydrogens (tertiary/aromatic N) is 2. The number of carbonyl (C=O) groups excluding carboxylic acids is 2. The van der Waals surface area contributed by atoms with Crippen LogP contribution < -0.4 is 5.73 Å². The van der Waals surface area contributed by atoms with Crippen molar-refractivity contribution in [3.05, 3.63) is 41.2 Å². The molecule has 1 saturated carbocycles. The summed E-state index contributed by atoms with van der Waals surface area (Å²) in [6.45, 7) is -0.115. The second kappa shape index (κ2) is 7.09. The van der Waals surface area contributed by atoms with Crippen LogP contribution >= 0.6 is 11.3 Å². The number of benzene rings is 1. The second-order valence-corrected chi connectivity index (χ2v) is 6.71. The third kappa shape index (κ3) is 3.46. The molecular weight excluding hydrogens is 329 g/mol. The van der Waals surface area contributed by atoms with E-state index < -0.39 is 5.91 Å². The van der Waals surface area contributed by atoms with Crippen LogP contribution in [0.15, 0.2) is 29.6 Å². The number of rotatable bonds is 5. The first kappa shape index (κ1) is 16.6. The molecule has 2 N–H and O–H groups in total. The third-order valence-electron chi connectivity index (χ3n) is 4.18. The maximum Gasteiger partial charge on any atom is 0.274 e. The summed E-state index contributed by atoms with van der Waals surface area (Å²) in [6, 6.07) is 6.33. The van der Waals surface area contributed by atoms with Gasteiger partial charge in [0.1, 0.15) is 16.5 Å². The Bertz CT molecular complexity index is 756. The third-order valence-corrected chi connectivity index (χ3v) is 5.06. The molecule has 1 aliphatic carbocycles. The highest BCUT2D eigenvalue weighted by atomic mass is 32.1. The molecule has 1 aliphatic rings. The van der Waals surface area contributed by atoms with Gasteiger partial charge in [-0.3, -0.25) is 9.59 Å². The van der Waals surface area contributed by atoms with Crippen molar-refractivity contribution in [3.63, 3.8) is 0 Å². The summed E-state index contributed by atoms with van der Waals surface area (Å²) in [5.74, 6) is -1.24. The first-order valence-electron chi connectivity index (χ1n) is 7.86. The molecule has 24 heavy (non-hydrogen) atoms. The number of carbonyl (C=O) groups is 2. The van der Waals surface area contributed by atoms with Crippen LogP contribution in [-0.4, -0.2) is 34.3 Å². The predicted octanol–water partition coefficient (Wildman–Crippen LogP) is 2.82.